The second kappa shape index (κ2) is 3.33. The van der Waals surface area contributed by atoms with Crippen LogP contribution in [0.5, 0.6) is 0 Å². The summed E-state index contributed by atoms with van der Waals surface area (Å²) in [7, 11) is 0. The van der Waals surface area contributed by atoms with E-state index in [2.05, 4.69) is 18.4 Å². The lowest BCUT2D eigenvalue weighted by molar-refractivity contribution is 0.459. The molecule has 0 saturated carbocycles. The molecule has 0 radical (unpaired) electrons. The van der Waals surface area contributed by atoms with Crippen LogP contribution in [0.2, 0.25) is 0 Å². The summed E-state index contributed by atoms with van der Waals surface area (Å²) in [4.78, 5) is 0. The van der Waals surface area contributed by atoms with Crippen LogP contribution in [0.4, 0.5) is 0 Å². The molecule has 0 saturated heterocycles. The predicted octanol–water partition coefficient (Wildman–Crippen LogP) is 2.54. The number of hydrogen-bond acceptors (Lipinski definition) is 0. The van der Waals surface area contributed by atoms with E-state index in [1.165, 1.54) is 0 Å². The van der Waals surface area contributed by atoms with E-state index in [0.29, 0.717) is 0 Å². The number of allylic oxidation sites excluding steroid dienone is 3. The van der Waals surface area contributed by atoms with Gasteiger partial charge in [0.25, 0.3) is 0 Å². The van der Waals surface area contributed by atoms with Gasteiger partial charge in [-0.25, -0.2) is 0 Å². The predicted molar refractivity (Wildman–Crippen MR) is 52.2 cm³/mol. The topological polar surface area (TPSA) is 0 Å². The van der Waals surface area contributed by atoms with Crippen molar-refractivity contribution >= 4 is 0 Å². The van der Waals surface area contributed by atoms with Crippen LogP contribution < -0.4 is 0 Å². The zero-order valence-corrected chi connectivity index (χ0v) is 7.14. The highest BCUT2D eigenvalue weighted by Crippen LogP contribution is 2.35. The van der Waals surface area contributed by atoms with Gasteiger partial charge in [-0.15, -0.1) is 19.4 Å². The van der Waals surface area contributed by atoms with E-state index in [-0.39, 0.29) is 5.41 Å². The molecule has 1 unspecified atom stereocenters. The van der Waals surface area contributed by atoms with Gasteiger partial charge in [0.2, 0.25) is 0 Å². The molecule has 0 bridgehead atoms. The Hall–Kier alpha value is -1.40. The average molecular weight is 156 g/mol. The summed E-state index contributed by atoms with van der Waals surface area (Å²) >= 11 is 0. The maximum atomic E-state index is 5.43. The third kappa shape index (κ3) is 1.44. The van der Waals surface area contributed by atoms with Gasteiger partial charge in [0.05, 0.1) is 5.41 Å². The average Bonchev–Trinajstić information content (AvgIpc) is 2.18. The zero-order chi connectivity index (χ0) is 9.03. The van der Waals surface area contributed by atoms with Gasteiger partial charge in [-0.3, -0.25) is 0 Å². The summed E-state index contributed by atoms with van der Waals surface area (Å²) < 4.78 is 0. The molecule has 1 aliphatic carbocycles. The molecule has 60 valence electrons. The second-order valence-corrected chi connectivity index (χ2v) is 3.08. The first-order valence-electron chi connectivity index (χ1n) is 4.03. The molecule has 0 heteroatoms. The fraction of sp³-hybridized carbons (Fsp3) is 0.333. The summed E-state index contributed by atoms with van der Waals surface area (Å²) in [5.74, 6) is 5.43. The second-order valence-electron chi connectivity index (χ2n) is 3.08. The van der Waals surface area contributed by atoms with E-state index in [9.17, 15) is 0 Å². The Morgan fingerprint density at radius 1 is 1.58 bits per heavy atom. The molecule has 0 N–H and O–H groups in total. The summed E-state index contributed by atoms with van der Waals surface area (Å²) in [5.41, 5.74) is 0.933. The van der Waals surface area contributed by atoms with Crippen molar-refractivity contribution in [1.82, 2.24) is 0 Å². The summed E-state index contributed by atoms with van der Waals surface area (Å²) in [6, 6.07) is 0. The van der Waals surface area contributed by atoms with Gasteiger partial charge in [-0.2, -0.15) is 0 Å². The van der Waals surface area contributed by atoms with Crippen molar-refractivity contribution in [3.63, 3.8) is 0 Å². The molecule has 0 fully saturated rings. The third-order valence-corrected chi connectivity index (χ3v) is 2.42. The van der Waals surface area contributed by atoms with Crippen molar-refractivity contribution in [2.75, 3.05) is 0 Å². The number of terminal acetylenes is 2. The van der Waals surface area contributed by atoms with Gasteiger partial charge >= 0.3 is 0 Å². The van der Waals surface area contributed by atoms with Crippen LogP contribution in [0.3, 0.4) is 0 Å². The summed E-state index contributed by atoms with van der Waals surface area (Å²) in [5, 5.41) is 0. The lowest BCUT2D eigenvalue weighted by Crippen LogP contribution is -2.17. The third-order valence-electron chi connectivity index (χ3n) is 2.42. The van der Waals surface area contributed by atoms with Gasteiger partial charge in [0.15, 0.2) is 0 Å². The van der Waals surface area contributed by atoms with Gasteiger partial charge < -0.3 is 0 Å². The Labute approximate surface area is 74.4 Å². The highest BCUT2D eigenvalue weighted by Gasteiger charge is 2.25. The quantitative estimate of drug-likeness (QED) is 0.404. The molecule has 0 aliphatic heterocycles. The minimum atomic E-state index is -0.139. The van der Waals surface area contributed by atoms with Crippen molar-refractivity contribution < 1.29 is 0 Å². The Morgan fingerprint density at radius 3 is 2.67 bits per heavy atom. The van der Waals surface area contributed by atoms with Crippen molar-refractivity contribution in [3.8, 4) is 24.7 Å². The molecule has 0 nitrogen and oxygen atoms in total. The fourth-order valence-electron chi connectivity index (χ4n) is 1.37. The largest absolute Gasteiger partial charge is 0.119 e. The number of rotatable bonds is 1. The first kappa shape index (κ1) is 8.69. The van der Waals surface area contributed by atoms with Gasteiger partial charge in [-0.1, -0.05) is 24.0 Å². The maximum absolute atomic E-state index is 5.43. The SMILES string of the molecule is C#CC1=CCC(C#C)(C=C)CC1. The molecule has 1 rings (SSSR count). The minimum absolute atomic E-state index is 0.139. The van der Waals surface area contributed by atoms with Gasteiger partial charge in [0, 0.05) is 0 Å². The van der Waals surface area contributed by atoms with Crippen LogP contribution in [-0.2, 0) is 0 Å². The maximum Gasteiger partial charge on any atom is 0.0526 e. The smallest absolute Gasteiger partial charge is 0.0526 e. The Balaban J connectivity index is 2.82. The molecular formula is C12H12. The van der Waals surface area contributed by atoms with E-state index < -0.39 is 0 Å². The zero-order valence-electron chi connectivity index (χ0n) is 7.14. The van der Waals surface area contributed by atoms with E-state index in [0.717, 1.165) is 24.8 Å². The fourth-order valence-corrected chi connectivity index (χ4v) is 1.37. The normalized spacial score (nSPS) is 28.0. The molecule has 0 amide bonds. The van der Waals surface area contributed by atoms with Crippen molar-refractivity contribution in [2.45, 2.75) is 19.3 Å². The molecule has 1 aliphatic rings. The Bertz CT molecular complexity index is 293. The van der Waals surface area contributed by atoms with Crippen LogP contribution in [0.1, 0.15) is 19.3 Å². The first-order chi connectivity index (χ1) is 5.76. The Kier molecular flexibility index (Phi) is 2.41. The minimum Gasteiger partial charge on any atom is -0.119 e. The number of hydrogen-bond donors (Lipinski definition) is 0. The highest BCUT2D eigenvalue weighted by molar-refractivity contribution is 5.32. The molecule has 0 aromatic heterocycles. The highest BCUT2D eigenvalue weighted by atomic mass is 14.3. The lowest BCUT2D eigenvalue weighted by Gasteiger charge is -2.26. The van der Waals surface area contributed by atoms with E-state index in [1.807, 2.05) is 12.2 Å². The van der Waals surface area contributed by atoms with E-state index in [1.54, 1.807) is 0 Å². The van der Waals surface area contributed by atoms with Crippen LogP contribution >= 0.6 is 0 Å². The lowest BCUT2D eigenvalue weighted by atomic mass is 9.76. The van der Waals surface area contributed by atoms with Crippen molar-refractivity contribution in [3.05, 3.63) is 24.3 Å². The first-order valence-corrected chi connectivity index (χ1v) is 4.03. The van der Waals surface area contributed by atoms with Gasteiger partial charge in [0.1, 0.15) is 0 Å². The molecule has 0 aromatic carbocycles. The molecule has 1 atom stereocenters. The van der Waals surface area contributed by atoms with Crippen LogP contribution in [0, 0.1) is 30.1 Å². The van der Waals surface area contributed by atoms with E-state index >= 15 is 0 Å². The summed E-state index contributed by atoms with van der Waals surface area (Å²) in [6.07, 6.45) is 17.3. The molecule has 0 aromatic rings. The van der Waals surface area contributed by atoms with Gasteiger partial charge in [-0.05, 0) is 24.8 Å². The molecule has 0 heterocycles. The van der Waals surface area contributed by atoms with Crippen LogP contribution in [0.25, 0.3) is 0 Å². The van der Waals surface area contributed by atoms with Crippen LogP contribution in [-0.4, -0.2) is 0 Å². The molecule has 12 heavy (non-hydrogen) atoms. The van der Waals surface area contributed by atoms with E-state index in [4.69, 9.17) is 12.8 Å². The summed E-state index contributed by atoms with van der Waals surface area (Å²) in [6.45, 7) is 3.75. The van der Waals surface area contributed by atoms with Crippen molar-refractivity contribution in [1.29, 1.82) is 0 Å². The molecular weight excluding hydrogens is 144 g/mol. The molecule has 0 spiro atoms. The van der Waals surface area contributed by atoms with Crippen LogP contribution in [0.15, 0.2) is 24.3 Å². The monoisotopic (exact) mass is 156 g/mol. The van der Waals surface area contributed by atoms with Crippen molar-refractivity contribution in [2.24, 2.45) is 5.41 Å². The Morgan fingerprint density at radius 2 is 2.33 bits per heavy atom. The standard InChI is InChI=1S/C12H12/c1-4-11-7-9-12(5-2,6-3)10-8-11/h1-2,6-7H,3,8-10H2.